The van der Waals surface area contributed by atoms with E-state index in [9.17, 15) is 9.59 Å². The number of halogens is 1. The summed E-state index contributed by atoms with van der Waals surface area (Å²) < 4.78 is 11.9. The molecule has 3 N–H and O–H groups in total. The summed E-state index contributed by atoms with van der Waals surface area (Å²) in [5, 5.41) is 2.47. The summed E-state index contributed by atoms with van der Waals surface area (Å²) in [7, 11) is 0. The zero-order chi connectivity index (χ0) is 23.3. The quantitative estimate of drug-likeness (QED) is 0.243. The van der Waals surface area contributed by atoms with E-state index in [1.165, 1.54) is 12.8 Å². The normalized spacial score (nSPS) is 10.2. The molecule has 0 aliphatic carbocycles. The van der Waals surface area contributed by atoms with Gasteiger partial charge in [0.1, 0.15) is 11.5 Å². The van der Waals surface area contributed by atoms with Crippen LogP contribution in [0.2, 0.25) is 0 Å². The molecule has 2 amide bonds. The Balaban J connectivity index is 1.69. The molecular formula is C23H28BrN3O4S. The molecule has 172 valence electrons. The Morgan fingerprint density at radius 1 is 1.00 bits per heavy atom. The molecule has 0 aliphatic heterocycles. The highest BCUT2D eigenvalue weighted by atomic mass is 79.9. The van der Waals surface area contributed by atoms with Crippen LogP contribution in [0.5, 0.6) is 11.5 Å². The van der Waals surface area contributed by atoms with Gasteiger partial charge in [-0.2, -0.15) is 0 Å². The minimum atomic E-state index is -0.450. The number of ether oxygens (including phenoxy) is 2. The minimum Gasteiger partial charge on any atom is -0.494 e. The average molecular weight is 522 g/mol. The molecule has 0 spiro atoms. The molecule has 2 rings (SSSR count). The number of nitrogens with one attached hydrogen (secondary N) is 3. The molecule has 0 saturated carbocycles. The van der Waals surface area contributed by atoms with Gasteiger partial charge >= 0.3 is 0 Å². The fourth-order valence-electron chi connectivity index (χ4n) is 2.66. The molecule has 2 aromatic rings. The highest BCUT2D eigenvalue weighted by Crippen LogP contribution is 2.25. The van der Waals surface area contributed by atoms with Gasteiger partial charge in [-0.25, -0.2) is 0 Å². The van der Waals surface area contributed by atoms with E-state index in [0.29, 0.717) is 23.7 Å². The maximum atomic E-state index is 12.3. The Morgan fingerprint density at radius 3 is 2.44 bits per heavy atom. The van der Waals surface area contributed by atoms with E-state index >= 15 is 0 Å². The predicted molar refractivity (Wildman–Crippen MR) is 132 cm³/mol. The molecular weight excluding hydrogens is 494 g/mol. The lowest BCUT2D eigenvalue weighted by molar-refractivity contribution is -0.123. The van der Waals surface area contributed by atoms with E-state index < -0.39 is 11.8 Å². The Bertz CT molecular complexity index is 922. The molecule has 0 unspecified atom stereocenters. The highest BCUT2D eigenvalue weighted by Gasteiger charge is 2.10. The van der Waals surface area contributed by atoms with Gasteiger partial charge < -0.3 is 9.47 Å². The number of carbonyl (C=O) groups excluding carboxylic acids is 2. The van der Waals surface area contributed by atoms with Crippen LogP contribution >= 0.6 is 28.1 Å². The van der Waals surface area contributed by atoms with Crippen molar-refractivity contribution in [2.45, 2.75) is 39.5 Å². The summed E-state index contributed by atoms with van der Waals surface area (Å²) in [5.74, 6) is 0.418. The SMILES string of the molecule is CCCCCCOc1ccc(C(=O)NC(=S)NNC(=O)COc2ccc(C)cc2Br)cc1. The first-order chi connectivity index (χ1) is 15.4. The van der Waals surface area contributed by atoms with Crippen LogP contribution in [0.4, 0.5) is 0 Å². The molecule has 0 aromatic heterocycles. The lowest BCUT2D eigenvalue weighted by Crippen LogP contribution is -2.49. The number of hydrazine groups is 1. The maximum Gasteiger partial charge on any atom is 0.276 e. The van der Waals surface area contributed by atoms with Gasteiger partial charge in [-0.15, -0.1) is 0 Å². The standard InChI is InChI=1S/C23H28BrN3O4S/c1-3-4-5-6-13-30-18-10-8-17(9-11-18)22(29)25-23(32)27-26-21(28)15-31-20-12-7-16(2)14-19(20)24/h7-12,14H,3-6,13,15H2,1-2H3,(H,26,28)(H2,25,27,29,32). The molecule has 2 aromatic carbocycles. The van der Waals surface area contributed by atoms with Crippen LogP contribution in [0, 0.1) is 6.92 Å². The van der Waals surface area contributed by atoms with Crippen molar-refractivity contribution < 1.29 is 19.1 Å². The Hall–Kier alpha value is -2.65. The second-order valence-corrected chi connectivity index (χ2v) is 8.38. The van der Waals surface area contributed by atoms with Crippen LogP contribution in [0.1, 0.15) is 48.5 Å². The van der Waals surface area contributed by atoms with Crippen LogP contribution in [-0.4, -0.2) is 30.1 Å². The third-order valence-corrected chi connectivity index (χ3v) is 5.20. The first-order valence-corrected chi connectivity index (χ1v) is 11.6. The number of rotatable bonds is 10. The van der Waals surface area contributed by atoms with E-state index in [1.807, 2.05) is 19.1 Å². The van der Waals surface area contributed by atoms with Gasteiger partial charge in [0.15, 0.2) is 11.7 Å². The third-order valence-electron chi connectivity index (χ3n) is 4.37. The van der Waals surface area contributed by atoms with Crippen molar-refractivity contribution >= 4 is 45.1 Å². The van der Waals surface area contributed by atoms with Crippen LogP contribution in [-0.2, 0) is 4.79 Å². The summed E-state index contributed by atoms with van der Waals surface area (Å²) in [6, 6.07) is 12.3. The van der Waals surface area contributed by atoms with E-state index in [0.717, 1.165) is 22.9 Å². The number of unbranched alkanes of at least 4 members (excludes halogenated alkanes) is 3. The zero-order valence-corrected chi connectivity index (χ0v) is 20.6. The molecule has 0 heterocycles. The van der Waals surface area contributed by atoms with Crippen LogP contribution in [0.15, 0.2) is 46.9 Å². The molecule has 0 fully saturated rings. The fraction of sp³-hybridized carbons (Fsp3) is 0.348. The Morgan fingerprint density at radius 2 is 1.75 bits per heavy atom. The maximum absolute atomic E-state index is 12.3. The van der Waals surface area contributed by atoms with Crippen molar-refractivity contribution in [3.05, 3.63) is 58.1 Å². The molecule has 0 aliphatic rings. The zero-order valence-electron chi connectivity index (χ0n) is 18.2. The van der Waals surface area contributed by atoms with Crippen molar-refractivity contribution in [2.75, 3.05) is 13.2 Å². The fourth-order valence-corrected chi connectivity index (χ4v) is 3.41. The number of thiocarbonyl (C=S) groups is 1. The molecule has 7 nitrogen and oxygen atoms in total. The topological polar surface area (TPSA) is 88.7 Å². The molecule has 0 atom stereocenters. The monoisotopic (exact) mass is 521 g/mol. The lowest BCUT2D eigenvalue weighted by atomic mass is 10.2. The van der Waals surface area contributed by atoms with Crippen molar-refractivity contribution in [3.8, 4) is 11.5 Å². The van der Waals surface area contributed by atoms with Gasteiger partial charge in [0.2, 0.25) is 0 Å². The van der Waals surface area contributed by atoms with Gasteiger partial charge in [0.05, 0.1) is 11.1 Å². The number of hydrogen-bond acceptors (Lipinski definition) is 5. The second kappa shape index (κ2) is 13.7. The highest BCUT2D eigenvalue weighted by molar-refractivity contribution is 9.10. The average Bonchev–Trinajstić information content (AvgIpc) is 2.77. The summed E-state index contributed by atoms with van der Waals surface area (Å²) in [6.07, 6.45) is 4.54. The van der Waals surface area contributed by atoms with Gasteiger partial charge in [0.25, 0.3) is 11.8 Å². The second-order valence-electron chi connectivity index (χ2n) is 7.11. The van der Waals surface area contributed by atoms with E-state index in [1.54, 1.807) is 30.3 Å². The van der Waals surface area contributed by atoms with Gasteiger partial charge in [-0.05, 0) is 83.5 Å². The third kappa shape index (κ3) is 9.23. The summed E-state index contributed by atoms with van der Waals surface area (Å²) in [4.78, 5) is 24.2. The van der Waals surface area contributed by atoms with E-state index in [4.69, 9.17) is 21.7 Å². The first-order valence-electron chi connectivity index (χ1n) is 10.4. The van der Waals surface area contributed by atoms with E-state index in [-0.39, 0.29) is 11.7 Å². The Labute approximate surface area is 202 Å². The minimum absolute atomic E-state index is 0.0314. The van der Waals surface area contributed by atoms with Crippen molar-refractivity contribution in [1.29, 1.82) is 0 Å². The van der Waals surface area contributed by atoms with Gasteiger partial charge in [-0.3, -0.25) is 25.8 Å². The molecule has 0 bridgehead atoms. The predicted octanol–water partition coefficient (Wildman–Crippen LogP) is 4.43. The number of carbonyl (C=O) groups is 2. The van der Waals surface area contributed by atoms with Crippen molar-refractivity contribution in [3.63, 3.8) is 0 Å². The summed E-state index contributed by atoms with van der Waals surface area (Å²) >= 11 is 8.43. The van der Waals surface area contributed by atoms with E-state index in [2.05, 4.69) is 39.0 Å². The van der Waals surface area contributed by atoms with Crippen molar-refractivity contribution in [2.24, 2.45) is 0 Å². The Kier molecular flexibility index (Phi) is 11.0. The number of amides is 2. The van der Waals surface area contributed by atoms with Crippen molar-refractivity contribution in [1.82, 2.24) is 16.2 Å². The van der Waals surface area contributed by atoms with Crippen LogP contribution < -0.4 is 25.6 Å². The summed E-state index contributed by atoms with van der Waals surface area (Å²) in [6.45, 7) is 4.56. The van der Waals surface area contributed by atoms with Crippen LogP contribution in [0.25, 0.3) is 0 Å². The summed E-state index contributed by atoms with van der Waals surface area (Å²) in [5.41, 5.74) is 6.36. The smallest absolute Gasteiger partial charge is 0.276 e. The number of hydrogen-bond donors (Lipinski definition) is 3. The van der Waals surface area contributed by atoms with Crippen LogP contribution in [0.3, 0.4) is 0 Å². The first kappa shape index (κ1) is 25.6. The molecule has 0 radical (unpaired) electrons. The molecule has 32 heavy (non-hydrogen) atoms. The molecule has 0 saturated heterocycles. The lowest BCUT2D eigenvalue weighted by Gasteiger charge is -2.12. The molecule has 9 heteroatoms. The number of benzene rings is 2. The number of aryl methyl sites for hydroxylation is 1. The van der Waals surface area contributed by atoms with Gasteiger partial charge in [-0.1, -0.05) is 32.3 Å². The van der Waals surface area contributed by atoms with Gasteiger partial charge in [0, 0.05) is 5.56 Å². The largest absolute Gasteiger partial charge is 0.494 e.